The van der Waals surface area contributed by atoms with Gasteiger partial charge in [0, 0.05) is 12.1 Å². The number of carboxylic acids is 1. The molecule has 0 unspecified atom stereocenters. The number of alkyl halides is 3. The van der Waals surface area contributed by atoms with Gasteiger partial charge < -0.3 is 14.7 Å². The topological polar surface area (TPSA) is 49.8 Å². The summed E-state index contributed by atoms with van der Waals surface area (Å²) in [6.45, 7) is 3.74. The molecule has 1 atom stereocenters. The number of carboxylic acid groups (broad SMARTS) is 1. The molecule has 124 valence electrons. The third-order valence-corrected chi connectivity index (χ3v) is 3.92. The second-order valence-corrected chi connectivity index (χ2v) is 5.34. The van der Waals surface area contributed by atoms with Crippen molar-refractivity contribution < 1.29 is 27.8 Å². The largest absolute Gasteiger partial charge is 0.489 e. The van der Waals surface area contributed by atoms with Crippen molar-refractivity contribution in [2.75, 3.05) is 13.2 Å². The first-order valence-electron chi connectivity index (χ1n) is 6.74. The minimum Gasteiger partial charge on any atom is -0.489 e. The van der Waals surface area contributed by atoms with E-state index in [0.717, 1.165) is 6.07 Å². The number of ether oxygens (including phenoxy) is 1. The molecular weight excluding hydrogens is 331 g/mol. The first-order chi connectivity index (χ1) is 10.8. The highest BCUT2D eigenvalue weighted by Crippen LogP contribution is 2.37. The fraction of sp³-hybridized carbons (Fsp3) is 0.333. The van der Waals surface area contributed by atoms with E-state index in [-0.39, 0.29) is 22.9 Å². The Morgan fingerprint density at radius 3 is 2.70 bits per heavy atom. The van der Waals surface area contributed by atoms with Gasteiger partial charge in [-0.05, 0) is 24.6 Å². The van der Waals surface area contributed by atoms with Crippen LogP contribution < -0.4 is 4.74 Å². The second kappa shape index (κ2) is 6.57. The molecule has 1 aliphatic heterocycles. The van der Waals surface area contributed by atoms with Crippen LogP contribution in [0.5, 0.6) is 5.75 Å². The van der Waals surface area contributed by atoms with E-state index in [2.05, 4.69) is 6.58 Å². The summed E-state index contributed by atoms with van der Waals surface area (Å²) in [4.78, 5) is 12.5. The number of hydrogen-bond acceptors (Lipinski definition) is 3. The quantitative estimate of drug-likeness (QED) is 0.656. The highest BCUT2D eigenvalue weighted by Gasteiger charge is 2.38. The van der Waals surface area contributed by atoms with Crippen molar-refractivity contribution in [3.05, 3.63) is 42.0 Å². The van der Waals surface area contributed by atoms with Crippen LogP contribution in [0.2, 0.25) is 0 Å². The van der Waals surface area contributed by atoms with Gasteiger partial charge in [-0.15, -0.1) is 0 Å². The van der Waals surface area contributed by atoms with Crippen LogP contribution in [-0.2, 0) is 11.0 Å². The van der Waals surface area contributed by atoms with Crippen molar-refractivity contribution in [1.29, 1.82) is 0 Å². The van der Waals surface area contributed by atoms with Gasteiger partial charge in [0.25, 0.3) is 0 Å². The van der Waals surface area contributed by atoms with Crippen molar-refractivity contribution in [2.45, 2.75) is 18.6 Å². The van der Waals surface area contributed by atoms with E-state index in [9.17, 15) is 18.0 Å². The van der Waals surface area contributed by atoms with Gasteiger partial charge in [-0.2, -0.15) is 13.2 Å². The van der Waals surface area contributed by atoms with Crippen molar-refractivity contribution in [3.8, 4) is 5.75 Å². The molecule has 0 aromatic heterocycles. The smallest absolute Gasteiger partial charge is 0.419 e. The van der Waals surface area contributed by atoms with Gasteiger partial charge >= 0.3 is 12.1 Å². The lowest BCUT2D eigenvalue weighted by atomic mass is 10.0. The molecule has 4 nitrogen and oxygen atoms in total. The maximum absolute atomic E-state index is 13.2. The number of likely N-dealkylation sites (tertiary alicyclic amines) is 1. The van der Waals surface area contributed by atoms with Crippen molar-refractivity contribution in [1.82, 2.24) is 4.90 Å². The number of halogens is 3. The minimum atomic E-state index is -4.61. The van der Waals surface area contributed by atoms with Gasteiger partial charge in [-0.3, -0.25) is 0 Å². The molecule has 1 N–H and O–H groups in total. The third kappa shape index (κ3) is 3.64. The molecule has 2 rings (SSSR count). The van der Waals surface area contributed by atoms with Gasteiger partial charge in [0.05, 0.1) is 5.56 Å². The maximum Gasteiger partial charge on any atom is 0.419 e. The first kappa shape index (κ1) is 17.3. The molecule has 1 aromatic carbocycles. The summed E-state index contributed by atoms with van der Waals surface area (Å²) in [6.07, 6.45) is -2.85. The van der Waals surface area contributed by atoms with Crippen LogP contribution >= 0.6 is 12.2 Å². The van der Waals surface area contributed by atoms with E-state index in [1.807, 2.05) is 0 Å². The van der Waals surface area contributed by atoms with Gasteiger partial charge in [0.2, 0.25) is 0 Å². The standard InChI is InChI=1S/C15H14F3NO3S/c1-2-7-22-12-4-3-9(8-10(12)15(16,17)18)13(23)19-6-5-11(19)14(20)21/h2-4,8,11H,1,5-7H2,(H,20,21)/t11-/m1/s1. The van der Waals surface area contributed by atoms with E-state index in [4.69, 9.17) is 22.1 Å². The van der Waals surface area contributed by atoms with E-state index < -0.39 is 23.8 Å². The highest BCUT2D eigenvalue weighted by atomic mass is 32.1. The fourth-order valence-electron chi connectivity index (χ4n) is 2.21. The molecule has 1 saturated heterocycles. The molecule has 0 radical (unpaired) electrons. The highest BCUT2D eigenvalue weighted by molar-refractivity contribution is 7.80. The Hall–Kier alpha value is -2.09. The number of nitrogens with zero attached hydrogens (tertiary/aromatic N) is 1. The van der Waals surface area contributed by atoms with Crippen molar-refractivity contribution >= 4 is 23.2 Å². The van der Waals surface area contributed by atoms with Crippen LogP contribution in [0.25, 0.3) is 0 Å². The average Bonchev–Trinajstić information content (AvgIpc) is 2.42. The summed E-state index contributed by atoms with van der Waals surface area (Å²) >= 11 is 5.14. The monoisotopic (exact) mass is 345 g/mol. The molecule has 0 saturated carbocycles. The van der Waals surface area contributed by atoms with Crippen LogP contribution in [0.4, 0.5) is 13.2 Å². The predicted molar refractivity (Wildman–Crippen MR) is 81.6 cm³/mol. The summed E-state index contributed by atoms with van der Waals surface area (Å²) in [5.74, 6) is -1.36. The average molecular weight is 345 g/mol. The second-order valence-electron chi connectivity index (χ2n) is 4.95. The van der Waals surface area contributed by atoms with Crippen LogP contribution in [0.15, 0.2) is 30.9 Å². The van der Waals surface area contributed by atoms with Gasteiger partial charge in [0.1, 0.15) is 23.4 Å². The molecule has 1 fully saturated rings. The Balaban J connectivity index is 2.31. The van der Waals surface area contributed by atoms with E-state index >= 15 is 0 Å². The van der Waals surface area contributed by atoms with E-state index in [1.54, 1.807) is 0 Å². The SMILES string of the molecule is C=CCOc1ccc(C(=S)N2CC[C@@H]2C(=O)O)cc1C(F)(F)F. The minimum absolute atomic E-state index is 0.0555. The summed E-state index contributed by atoms with van der Waals surface area (Å²) in [5.41, 5.74) is -0.809. The molecule has 23 heavy (non-hydrogen) atoms. The lowest BCUT2D eigenvalue weighted by molar-refractivity contribution is -0.145. The number of hydrogen-bond donors (Lipinski definition) is 1. The number of benzene rings is 1. The number of rotatable bonds is 5. The molecular formula is C15H14F3NO3S. The number of aliphatic carboxylic acids is 1. The first-order valence-corrected chi connectivity index (χ1v) is 7.15. The van der Waals surface area contributed by atoms with Gasteiger partial charge in [0.15, 0.2) is 0 Å². The summed E-state index contributed by atoms with van der Waals surface area (Å²) in [5, 5.41) is 9.01. The van der Waals surface area contributed by atoms with Crippen LogP contribution in [0.1, 0.15) is 17.5 Å². The van der Waals surface area contributed by atoms with Crippen LogP contribution in [0, 0.1) is 0 Å². The maximum atomic E-state index is 13.2. The summed E-state index contributed by atoms with van der Waals surface area (Å²) < 4.78 is 44.5. The fourth-order valence-corrected chi connectivity index (χ4v) is 2.56. The molecule has 0 bridgehead atoms. The van der Waals surface area contributed by atoms with E-state index in [0.29, 0.717) is 13.0 Å². The van der Waals surface area contributed by atoms with Crippen molar-refractivity contribution in [3.63, 3.8) is 0 Å². The molecule has 8 heteroatoms. The van der Waals surface area contributed by atoms with Crippen molar-refractivity contribution in [2.24, 2.45) is 0 Å². The molecule has 0 amide bonds. The predicted octanol–water partition coefficient (Wildman–Crippen LogP) is 3.10. The van der Waals surface area contributed by atoms with Gasteiger partial charge in [-0.1, -0.05) is 24.9 Å². The van der Waals surface area contributed by atoms with E-state index in [1.165, 1.54) is 23.1 Å². The Kier molecular flexibility index (Phi) is 4.93. The van der Waals surface area contributed by atoms with Gasteiger partial charge in [-0.25, -0.2) is 4.79 Å². The Morgan fingerprint density at radius 2 is 2.22 bits per heavy atom. The Bertz CT molecular complexity index is 645. The zero-order valence-electron chi connectivity index (χ0n) is 12.0. The lowest BCUT2D eigenvalue weighted by Crippen LogP contribution is -2.54. The zero-order valence-corrected chi connectivity index (χ0v) is 12.8. The van der Waals surface area contributed by atoms with Crippen LogP contribution in [-0.4, -0.2) is 40.2 Å². The summed E-state index contributed by atoms with van der Waals surface area (Å²) in [6, 6.07) is 2.68. The molecule has 1 aromatic rings. The molecule has 1 aliphatic rings. The third-order valence-electron chi connectivity index (χ3n) is 3.45. The van der Waals surface area contributed by atoms with Crippen LogP contribution in [0.3, 0.4) is 0 Å². The normalized spacial score (nSPS) is 17.3. The summed E-state index contributed by atoms with van der Waals surface area (Å²) in [7, 11) is 0. The Labute approximate surface area is 136 Å². The zero-order chi connectivity index (χ0) is 17.2. The molecule has 1 heterocycles. The number of carbonyl (C=O) groups is 1. The Morgan fingerprint density at radius 1 is 1.52 bits per heavy atom. The number of thiocarbonyl (C=S) groups is 1. The molecule has 0 aliphatic carbocycles. The molecule has 0 spiro atoms. The lowest BCUT2D eigenvalue weighted by Gasteiger charge is -2.40.